The lowest BCUT2D eigenvalue weighted by Gasteiger charge is -2.37. The lowest BCUT2D eigenvalue weighted by atomic mass is 10.0. The first kappa shape index (κ1) is 11.3. The van der Waals surface area contributed by atoms with Crippen LogP contribution < -0.4 is 0 Å². The molecule has 1 rings (SSSR count). The van der Waals surface area contributed by atoms with Gasteiger partial charge in [0.2, 0.25) is 0 Å². The Labute approximate surface area is 79.5 Å². The van der Waals surface area contributed by atoms with Crippen LogP contribution in [0.15, 0.2) is 0 Å². The summed E-state index contributed by atoms with van der Waals surface area (Å²) < 4.78 is 9.31. The standard InChI is InChI=1S/C7H12O7/c1-13-7-4(10)2(8)3(9)5(14-7)6(11)12/h2-5,7-10H,1H3,(H,11,12)/t2-,3-,4+,5-,7+/m0/s1/i7+1. The molecular weight excluding hydrogens is 197 g/mol. The monoisotopic (exact) mass is 209 g/mol. The molecule has 14 heavy (non-hydrogen) atoms. The van der Waals surface area contributed by atoms with Crippen molar-refractivity contribution < 1.29 is 34.7 Å². The maximum Gasteiger partial charge on any atom is 0.335 e. The number of carboxylic acids is 1. The van der Waals surface area contributed by atoms with Gasteiger partial charge in [-0.25, -0.2) is 4.79 Å². The van der Waals surface area contributed by atoms with Crippen molar-refractivity contribution in [3.63, 3.8) is 0 Å². The van der Waals surface area contributed by atoms with Crippen LogP contribution in [-0.2, 0) is 14.3 Å². The second-order valence-corrected chi connectivity index (χ2v) is 2.97. The molecule has 1 heterocycles. The molecule has 7 heteroatoms. The summed E-state index contributed by atoms with van der Waals surface area (Å²) in [5.41, 5.74) is 0. The highest BCUT2D eigenvalue weighted by Crippen LogP contribution is 2.21. The largest absolute Gasteiger partial charge is 0.479 e. The predicted molar refractivity (Wildman–Crippen MR) is 41.3 cm³/mol. The fourth-order valence-corrected chi connectivity index (χ4v) is 1.25. The van der Waals surface area contributed by atoms with Crippen LogP contribution >= 0.6 is 0 Å². The van der Waals surface area contributed by atoms with Crippen molar-refractivity contribution in [3.8, 4) is 0 Å². The minimum Gasteiger partial charge on any atom is -0.479 e. The van der Waals surface area contributed by atoms with Gasteiger partial charge in [-0.1, -0.05) is 0 Å². The van der Waals surface area contributed by atoms with E-state index in [0.717, 1.165) is 0 Å². The molecule has 0 amide bonds. The maximum atomic E-state index is 10.5. The Hall–Kier alpha value is -0.730. The molecule has 0 aromatic rings. The normalized spacial score (nSPS) is 43.6. The molecular formula is C7H12O7. The van der Waals surface area contributed by atoms with Gasteiger partial charge >= 0.3 is 5.97 Å². The number of hydrogen-bond acceptors (Lipinski definition) is 6. The third-order valence-corrected chi connectivity index (χ3v) is 2.05. The summed E-state index contributed by atoms with van der Waals surface area (Å²) in [5, 5.41) is 36.3. The second kappa shape index (κ2) is 4.20. The topological polar surface area (TPSA) is 116 Å². The first-order chi connectivity index (χ1) is 6.49. The van der Waals surface area contributed by atoms with Crippen molar-refractivity contribution in [2.45, 2.75) is 30.7 Å². The Balaban J connectivity index is 2.78. The van der Waals surface area contributed by atoms with E-state index in [1.54, 1.807) is 0 Å². The zero-order chi connectivity index (χ0) is 10.9. The van der Waals surface area contributed by atoms with Gasteiger partial charge in [0, 0.05) is 7.11 Å². The van der Waals surface area contributed by atoms with Crippen LogP contribution in [0, 0.1) is 0 Å². The highest BCUT2D eigenvalue weighted by atomic mass is 16.8. The Morgan fingerprint density at radius 1 is 1.21 bits per heavy atom. The van der Waals surface area contributed by atoms with Gasteiger partial charge in [0.05, 0.1) is 0 Å². The van der Waals surface area contributed by atoms with Crippen molar-refractivity contribution in [1.29, 1.82) is 0 Å². The number of methoxy groups -OCH3 is 1. The number of aliphatic hydroxyl groups excluding tert-OH is 3. The molecule has 0 aromatic carbocycles. The van der Waals surface area contributed by atoms with Crippen molar-refractivity contribution in [2.24, 2.45) is 0 Å². The second-order valence-electron chi connectivity index (χ2n) is 2.97. The van der Waals surface area contributed by atoms with Crippen LogP contribution in [0.25, 0.3) is 0 Å². The van der Waals surface area contributed by atoms with Gasteiger partial charge in [-0.3, -0.25) is 0 Å². The molecule has 5 atom stereocenters. The molecule has 82 valence electrons. The molecule has 0 aromatic heterocycles. The number of aliphatic hydroxyl groups is 3. The van der Waals surface area contributed by atoms with Crippen molar-refractivity contribution in [1.82, 2.24) is 0 Å². The minimum absolute atomic E-state index is 1.19. The summed E-state index contributed by atoms with van der Waals surface area (Å²) in [5.74, 6) is -1.43. The van der Waals surface area contributed by atoms with Gasteiger partial charge in [-0.15, -0.1) is 0 Å². The minimum atomic E-state index is -1.67. The third-order valence-electron chi connectivity index (χ3n) is 2.05. The zero-order valence-corrected chi connectivity index (χ0v) is 7.40. The van der Waals surface area contributed by atoms with Crippen LogP contribution in [-0.4, -0.2) is 64.2 Å². The molecule has 1 saturated heterocycles. The van der Waals surface area contributed by atoms with Crippen molar-refractivity contribution in [2.75, 3.05) is 7.11 Å². The first-order valence-corrected chi connectivity index (χ1v) is 3.94. The van der Waals surface area contributed by atoms with E-state index in [2.05, 4.69) is 4.74 Å². The number of ether oxygens (including phenoxy) is 2. The van der Waals surface area contributed by atoms with Gasteiger partial charge in [0.15, 0.2) is 12.4 Å². The first-order valence-electron chi connectivity index (χ1n) is 3.94. The summed E-state index contributed by atoms with van der Waals surface area (Å²) in [6.45, 7) is 0. The fraction of sp³-hybridized carbons (Fsp3) is 0.857. The molecule has 1 aliphatic rings. The van der Waals surface area contributed by atoms with Gasteiger partial charge in [0.1, 0.15) is 18.3 Å². The van der Waals surface area contributed by atoms with E-state index in [1.165, 1.54) is 7.11 Å². The highest BCUT2D eigenvalue weighted by molar-refractivity contribution is 5.73. The number of carboxylic acid groups (broad SMARTS) is 1. The smallest absolute Gasteiger partial charge is 0.335 e. The van der Waals surface area contributed by atoms with Crippen LogP contribution in [0.3, 0.4) is 0 Å². The van der Waals surface area contributed by atoms with Gasteiger partial charge < -0.3 is 29.9 Å². The predicted octanol–water partition coefficient (Wildman–Crippen LogP) is -2.47. The molecule has 0 radical (unpaired) electrons. The Kier molecular flexibility index (Phi) is 3.40. The molecule has 1 aliphatic heterocycles. The SMILES string of the molecule is CO[13C@@H]1O[C@H](C(=O)O)[C@@H](O)[C@H](O)[C@H]1O. The van der Waals surface area contributed by atoms with Crippen molar-refractivity contribution >= 4 is 5.97 Å². The zero-order valence-electron chi connectivity index (χ0n) is 7.40. The number of hydrogen-bond donors (Lipinski definition) is 4. The van der Waals surface area contributed by atoms with Gasteiger partial charge in [-0.2, -0.15) is 0 Å². The summed E-state index contributed by atoms with van der Waals surface area (Å²) >= 11 is 0. The highest BCUT2D eigenvalue weighted by Gasteiger charge is 2.46. The average molecular weight is 209 g/mol. The van der Waals surface area contributed by atoms with E-state index in [-0.39, 0.29) is 0 Å². The third kappa shape index (κ3) is 1.86. The average Bonchev–Trinajstić information content (AvgIpc) is 2.14. The van der Waals surface area contributed by atoms with Gasteiger partial charge in [0.25, 0.3) is 0 Å². The maximum absolute atomic E-state index is 10.5. The molecule has 0 bridgehead atoms. The number of rotatable bonds is 2. The Bertz CT molecular complexity index is 216. The summed E-state index contributed by atoms with van der Waals surface area (Å²) in [6, 6.07) is 0. The van der Waals surface area contributed by atoms with Crippen LogP contribution in [0.4, 0.5) is 0 Å². The quantitative estimate of drug-likeness (QED) is 0.372. The lowest BCUT2D eigenvalue weighted by molar-refractivity contribution is -0.287. The van der Waals surface area contributed by atoms with E-state index in [4.69, 9.17) is 9.84 Å². The van der Waals surface area contributed by atoms with E-state index in [0.29, 0.717) is 0 Å². The summed E-state index contributed by atoms with van der Waals surface area (Å²) in [6.07, 6.45) is -7.60. The molecule has 7 nitrogen and oxygen atoms in total. The van der Waals surface area contributed by atoms with E-state index >= 15 is 0 Å². The molecule has 0 saturated carbocycles. The van der Waals surface area contributed by atoms with Crippen LogP contribution in [0.2, 0.25) is 0 Å². The fourth-order valence-electron chi connectivity index (χ4n) is 1.25. The number of aliphatic carboxylic acids is 1. The van der Waals surface area contributed by atoms with Crippen LogP contribution in [0.5, 0.6) is 0 Å². The molecule has 0 unspecified atom stereocenters. The van der Waals surface area contributed by atoms with E-state index in [1.807, 2.05) is 0 Å². The molecule has 1 fully saturated rings. The molecule has 0 aliphatic carbocycles. The van der Waals surface area contributed by atoms with Crippen molar-refractivity contribution in [3.05, 3.63) is 0 Å². The van der Waals surface area contributed by atoms with E-state index < -0.39 is 36.7 Å². The number of carbonyl (C=O) groups is 1. The summed E-state index contributed by atoms with van der Waals surface area (Å²) in [4.78, 5) is 10.5. The summed E-state index contributed by atoms with van der Waals surface area (Å²) in [7, 11) is 1.19. The van der Waals surface area contributed by atoms with Crippen LogP contribution in [0.1, 0.15) is 0 Å². The van der Waals surface area contributed by atoms with Gasteiger partial charge in [-0.05, 0) is 0 Å². The van der Waals surface area contributed by atoms with E-state index in [9.17, 15) is 20.1 Å². The molecule has 0 spiro atoms. The Morgan fingerprint density at radius 3 is 2.21 bits per heavy atom. The lowest BCUT2D eigenvalue weighted by Crippen LogP contribution is -2.60. The molecule has 4 N–H and O–H groups in total. The Morgan fingerprint density at radius 2 is 1.79 bits per heavy atom.